The lowest BCUT2D eigenvalue weighted by Gasteiger charge is -2.30. The summed E-state index contributed by atoms with van der Waals surface area (Å²) in [6.45, 7) is 2.21. The van der Waals surface area contributed by atoms with Crippen molar-refractivity contribution >= 4 is 99.7 Å². The molecule has 7 aromatic carbocycles. The Morgan fingerprint density at radius 3 is 1.81 bits per heavy atom. The molecule has 3 aromatic heterocycles. The number of amidine groups is 1. The fraction of sp³-hybridized carbons (Fsp3) is 0.0870. The number of nitrogens with zero attached hydrogens (tertiary/aromatic N) is 2. The maximum atomic E-state index is 7.26. The third-order valence-corrected chi connectivity index (χ3v) is 11.2. The van der Waals surface area contributed by atoms with Gasteiger partial charge in [-0.15, -0.1) is 0 Å². The highest BCUT2D eigenvalue weighted by molar-refractivity contribution is 6.45. The molecule has 0 spiro atoms. The number of furan rings is 3. The summed E-state index contributed by atoms with van der Waals surface area (Å²) in [5, 5.41) is 8.86. The molecule has 0 N–H and O–H groups in total. The van der Waals surface area contributed by atoms with Crippen molar-refractivity contribution < 1.29 is 13.3 Å². The Labute approximate surface area is 302 Å². The molecule has 2 unspecified atom stereocenters. The first-order valence-corrected chi connectivity index (χ1v) is 18.0. The Morgan fingerprint density at radius 1 is 0.558 bits per heavy atom. The zero-order chi connectivity index (χ0) is 34.5. The fourth-order valence-corrected chi connectivity index (χ4v) is 8.69. The zero-order valence-electron chi connectivity index (χ0n) is 28.1. The van der Waals surface area contributed by atoms with Crippen molar-refractivity contribution in [2.75, 3.05) is 0 Å². The second-order valence-electron chi connectivity index (χ2n) is 13.6. The molecule has 2 atom stereocenters. The van der Waals surface area contributed by atoms with Gasteiger partial charge in [-0.3, -0.25) is 4.99 Å². The van der Waals surface area contributed by atoms with Crippen LogP contribution in [0.3, 0.4) is 0 Å². The van der Waals surface area contributed by atoms with E-state index < -0.39 is 0 Å². The van der Waals surface area contributed by atoms with Crippen LogP contribution >= 0.6 is 11.6 Å². The highest BCUT2D eigenvalue weighted by Crippen LogP contribution is 2.46. The van der Waals surface area contributed by atoms with Crippen molar-refractivity contribution in [2.24, 2.45) is 15.9 Å². The molecule has 6 heteroatoms. The van der Waals surface area contributed by atoms with Crippen molar-refractivity contribution in [3.63, 3.8) is 0 Å². The molecule has 0 saturated carbocycles. The second-order valence-corrected chi connectivity index (χ2v) is 14.0. The van der Waals surface area contributed by atoms with Gasteiger partial charge < -0.3 is 13.3 Å². The molecule has 0 bridgehead atoms. The van der Waals surface area contributed by atoms with Gasteiger partial charge in [0.15, 0.2) is 5.84 Å². The van der Waals surface area contributed by atoms with Crippen molar-refractivity contribution in [2.45, 2.75) is 19.4 Å². The molecule has 4 heterocycles. The molecule has 11 rings (SSSR count). The summed E-state index contributed by atoms with van der Waals surface area (Å²) >= 11 is 7.26. The largest absolute Gasteiger partial charge is 0.456 e. The van der Waals surface area contributed by atoms with E-state index in [0.717, 1.165) is 105 Å². The number of rotatable bonds is 4. The van der Waals surface area contributed by atoms with Crippen LogP contribution in [0.25, 0.3) is 76.6 Å². The van der Waals surface area contributed by atoms with E-state index in [1.807, 2.05) is 60.7 Å². The summed E-state index contributed by atoms with van der Waals surface area (Å²) in [4.78, 5) is 11.0. The monoisotopic (exact) mass is 692 g/mol. The maximum absolute atomic E-state index is 7.26. The normalized spacial score (nSPS) is 16.6. The standard InChI is InChI=1S/C46H29ClN2O3/c1-2-27-43(25-19-21-30-28-11-5-8-16-35(28)50-38(30)23-25)48-46(26-20-22-31-29-12-6-9-17-36(29)51-39(31)24-26)49-44(27)41-32-13-3-4-14-33(32)42(47)40-34-15-7-10-18-37(34)52-45(40)41/h3-24,27,43H,2H2,1H3. The van der Waals surface area contributed by atoms with E-state index in [-0.39, 0.29) is 12.0 Å². The van der Waals surface area contributed by atoms with E-state index in [4.69, 9.17) is 34.8 Å². The van der Waals surface area contributed by atoms with Gasteiger partial charge in [0.25, 0.3) is 0 Å². The highest BCUT2D eigenvalue weighted by atomic mass is 35.5. The summed E-state index contributed by atoms with van der Waals surface area (Å²) in [6.07, 6.45) is 0.791. The van der Waals surface area contributed by atoms with Crippen LogP contribution in [0, 0.1) is 5.92 Å². The number of halogens is 1. The number of hydrogen-bond donors (Lipinski definition) is 0. The first-order chi connectivity index (χ1) is 25.6. The molecule has 0 saturated heterocycles. The number of aliphatic imine (C=N–C) groups is 2. The average molecular weight is 693 g/mol. The third-order valence-electron chi connectivity index (χ3n) is 10.8. The summed E-state index contributed by atoms with van der Waals surface area (Å²) in [7, 11) is 0. The molecule has 0 amide bonds. The van der Waals surface area contributed by atoms with Crippen LogP contribution in [0.1, 0.15) is 36.1 Å². The molecular weight excluding hydrogens is 664 g/mol. The van der Waals surface area contributed by atoms with Crippen LogP contribution in [-0.2, 0) is 0 Å². The van der Waals surface area contributed by atoms with Gasteiger partial charge in [0.05, 0.1) is 16.8 Å². The lowest BCUT2D eigenvalue weighted by atomic mass is 9.81. The van der Waals surface area contributed by atoms with E-state index in [1.165, 1.54) is 0 Å². The van der Waals surface area contributed by atoms with E-state index in [2.05, 4.69) is 79.7 Å². The zero-order valence-corrected chi connectivity index (χ0v) is 28.8. The first-order valence-electron chi connectivity index (χ1n) is 17.7. The van der Waals surface area contributed by atoms with Crippen molar-refractivity contribution in [1.82, 2.24) is 0 Å². The van der Waals surface area contributed by atoms with Crippen molar-refractivity contribution in [3.8, 4) is 0 Å². The van der Waals surface area contributed by atoms with Gasteiger partial charge in [-0.2, -0.15) is 0 Å². The molecule has 0 radical (unpaired) electrons. The predicted octanol–water partition coefficient (Wildman–Crippen LogP) is 13.2. The van der Waals surface area contributed by atoms with Crippen molar-refractivity contribution in [1.29, 1.82) is 0 Å². The Morgan fingerprint density at radius 2 is 1.12 bits per heavy atom. The van der Waals surface area contributed by atoms with Crippen LogP contribution in [0.2, 0.25) is 5.02 Å². The van der Waals surface area contributed by atoms with Gasteiger partial charge in [-0.05, 0) is 53.8 Å². The number of para-hydroxylation sites is 3. The highest BCUT2D eigenvalue weighted by Gasteiger charge is 2.35. The van der Waals surface area contributed by atoms with Gasteiger partial charge in [0.2, 0.25) is 0 Å². The molecule has 0 fully saturated rings. The minimum Gasteiger partial charge on any atom is -0.456 e. The smallest absolute Gasteiger partial charge is 0.155 e. The number of fused-ring (bicyclic) bond motifs is 10. The number of hydrogen-bond acceptors (Lipinski definition) is 5. The lowest BCUT2D eigenvalue weighted by Crippen LogP contribution is -2.28. The van der Waals surface area contributed by atoms with Gasteiger partial charge in [-0.1, -0.05) is 116 Å². The van der Waals surface area contributed by atoms with E-state index >= 15 is 0 Å². The minimum absolute atomic E-state index is 0.0819. The van der Waals surface area contributed by atoms with E-state index in [1.54, 1.807) is 0 Å². The van der Waals surface area contributed by atoms with Gasteiger partial charge in [-0.25, -0.2) is 4.99 Å². The summed E-state index contributed by atoms with van der Waals surface area (Å²) in [5.74, 6) is 0.557. The topological polar surface area (TPSA) is 64.1 Å². The Hall–Kier alpha value is -6.17. The maximum Gasteiger partial charge on any atom is 0.155 e. The quantitative estimate of drug-likeness (QED) is 0.184. The van der Waals surface area contributed by atoms with Crippen LogP contribution in [-0.4, -0.2) is 11.5 Å². The van der Waals surface area contributed by atoms with Gasteiger partial charge >= 0.3 is 0 Å². The molecule has 1 aliphatic rings. The van der Waals surface area contributed by atoms with Crippen LogP contribution in [0.5, 0.6) is 0 Å². The Balaban J connectivity index is 1.20. The van der Waals surface area contributed by atoms with Crippen molar-refractivity contribution in [3.05, 3.63) is 155 Å². The van der Waals surface area contributed by atoms with E-state index in [9.17, 15) is 0 Å². The van der Waals surface area contributed by atoms with Crippen LogP contribution in [0.4, 0.5) is 0 Å². The molecule has 52 heavy (non-hydrogen) atoms. The third kappa shape index (κ3) is 4.23. The Bertz CT molecular complexity index is 3160. The summed E-state index contributed by atoms with van der Waals surface area (Å²) in [5.41, 5.74) is 8.71. The SMILES string of the molecule is CCC1C(c2c3ccccc3c(Cl)c3c2oc2ccccc23)=NC(c2ccc3c(c2)oc2ccccc23)=NC1c1ccc2c(c1)oc1ccccc12. The molecular formula is C46H29ClN2O3. The Kier molecular flexibility index (Phi) is 6.34. The minimum atomic E-state index is -0.259. The summed E-state index contributed by atoms with van der Waals surface area (Å²) in [6, 6.07) is 45.3. The summed E-state index contributed by atoms with van der Waals surface area (Å²) < 4.78 is 19.5. The van der Waals surface area contributed by atoms with E-state index in [0.29, 0.717) is 10.9 Å². The molecule has 248 valence electrons. The van der Waals surface area contributed by atoms with Gasteiger partial charge in [0.1, 0.15) is 33.5 Å². The predicted molar refractivity (Wildman–Crippen MR) is 213 cm³/mol. The average Bonchev–Trinajstić information content (AvgIpc) is 3.88. The van der Waals surface area contributed by atoms with Crippen LogP contribution < -0.4 is 0 Å². The molecule has 5 nitrogen and oxygen atoms in total. The molecule has 1 aliphatic heterocycles. The molecule has 10 aromatic rings. The first kappa shape index (κ1) is 29.5. The second kappa shape index (κ2) is 11.2. The van der Waals surface area contributed by atoms with Crippen LogP contribution in [0.15, 0.2) is 157 Å². The van der Waals surface area contributed by atoms with Gasteiger partial charge in [0, 0.05) is 54.7 Å². The fourth-order valence-electron chi connectivity index (χ4n) is 8.34. The number of benzene rings is 7. The lowest BCUT2D eigenvalue weighted by molar-refractivity contribution is 0.532. The molecule has 0 aliphatic carbocycles.